The number of aromatic nitrogens is 1. The zero-order valence-corrected chi connectivity index (χ0v) is 23.6. The minimum Gasteiger partial charge on any atom is -0.435 e. The molecule has 4 heterocycles. The number of rotatable bonds is 4. The molecule has 11 heteroatoms. The first kappa shape index (κ1) is 28.7. The Morgan fingerprint density at radius 3 is 2.53 bits per heavy atom. The smallest absolute Gasteiger partial charge is 0.435 e. The van der Waals surface area contributed by atoms with Crippen LogP contribution in [0.2, 0.25) is 0 Å². The number of nitrogens with one attached hydrogen (secondary N) is 2. The van der Waals surface area contributed by atoms with E-state index in [9.17, 15) is 28.3 Å². The molecular weight excluding hydrogens is 556 g/mol. The molecule has 3 aliphatic heterocycles. The highest BCUT2D eigenvalue weighted by atomic mass is 19.2. The lowest BCUT2D eigenvalue weighted by atomic mass is 9.74. The van der Waals surface area contributed by atoms with Gasteiger partial charge in [0.25, 0.3) is 0 Å². The van der Waals surface area contributed by atoms with Gasteiger partial charge in [-0.1, -0.05) is 48.5 Å². The molecule has 1 spiro atoms. The van der Waals surface area contributed by atoms with Gasteiger partial charge in [-0.2, -0.15) is 4.79 Å². The zero-order chi connectivity index (χ0) is 30.2. The summed E-state index contributed by atoms with van der Waals surface area (Å²) < 4.78 is 28.7. The molecule has 3 atom stereocenters. The number of benzene rings is 2. The van der Waals surface area contributed by atoms with E-state index in [1.807, 2.05) is 36.4 Å². The van der Waals surface area contributed by atoms with Crippen LogP contribution in [0, 0.1) is 11.6 Å². The Morgan fingerprint density at radius 2 is 1.79 bits per heavy atom. The summed E-state index contributed by atoms with van der Waals surface area (Å²) >= 11 is 0. The van der Waals surface area contributed by atoms with Crippen molar-refractivity contribution in [3.63, 3.8) is 0 Å². The highest BCUT2D eigenvalue weighted by Crippen LogP contribution is 2.44. The molecule has 43 heavy (non-hydrogen) atoms. The lowest BCUT2D eigenvalue weighted by molar-refractivity contribution is -0.872. The van der Waals surface area contributed by atoms with Crippen LogP contribution in [0.4, 0.5) is 24.2 Å². The molecule has 3 aliphatic rings. The van der Waals surface area contributed by atoms with Gasteiger partial charge in [-0.25, -0.2) is 23.0 Å². The quantitative estimate of drug-likeness (QED) is 0.371. The predicted octanol–water partition coefficient (Wildman–Crippen LogP) is 5.00. The fourth-order valence-electron chi connectivity index (χ4n) is 7.09. The maximum atomic E-state index is 15.0. The highest BCUT2D eigenvalue weighted by molar-refractivity contribution is 6.05. The second-order valence-electron chi connectivity index (χ2n) is 11.9. The number of carbonyl (C=O) groups excluding carboxylic acids is 2. The maximum Gasteiger partial charge on any atom is 0.513 e. The third kappa shape index (κ3) is 5.33. The number of carbonyl (C=O) groups is 3. The van der Waals surface area contributed by atoms with Crippen LogP contribution in [0.15, 0.2) is 66.9 Å². The Balaban J connectivity index is 1.22. The number of quaternary nitrogens is 1. The number of urea groups is 1. The van der Waals surface area contributed by atoms with Crippen molar-refractivity contribution < 1.29 is 32.8 Å². The van der Waals surface area contributed by atoms with Crippen LogP contribution in [0.25, 0.3) is 0 Å². The number of piperidine rings is 1. The second-order valence-corrected chi connectivity index (χ2v) is 11.9. The van der Waals surface area contributed by atoms with Crippen LogP contribution in [0.1, 0.15) is 48.3 Å². The molecule has 1 aromatic heterocycles. The molecule has 224 valence electrons. The van der Waals surface area contributed by atoms with Gasteiger partial charge in [0.15, 0.2) is 11.6 Å². The van der Waals surface area contributed by atoms with E-state index < -0.39 is 39.6 Å². The Labute approximate surface area is 248 Å². The molecule has 2 saturated heterocycles. The molecule has 0 saturated carbocycles. The van der Waals surface area contributed by atoms with Crippen molar-refractivity contribution in [1.29, 1.82) is 0 Å². The van der Waals surface area contributed by atoms with Gasteiger partial charge in [0.05, 0.1) is 18.0 Å². The predicted molar refractivity (Wildman–Crippen MR) is 154 cm³/mol. The average Bonchev–Trinajstić information content (AvgIpc) is 3.14. The Morgan fingerprint density at radius 1 is 1.02 bits per heavy atom. The molecule has 2 fully saturated rings. The number of nitrogens with zero attached hydrogens (tertiary/aromatic N) is 3. The number of anilines is 1. The average molecular weight is 591 g/mol. The molecule has 2 aromatic carbocycles. The zero-order valence-electron chi connectivity index (χ0n) is 23.6. The van der Waals surface area contributed by atoms with E-state index in [1.54, 1.807) is 17.2 Å². The summed E-state index contributed by atoms with van der Waals surface area (Å²) in [6, 6.07) is 16.0. The van der Waals surface area contributed by atoms with Gasteiger partial charge in [0.1, 0.15) is 18.9 Å². The number of likely N-dealkylation sites (tertiary alicyclic amines) is 2. The van der Waals surface area contributed by atoms with Crippen LogP contribution in [-0.2, 0) is 16.8 Å². The monoisotopic (exact) mass is 590 g/mol. The van der Waals surface area contributed by atoms with Gasteiger partial charge in [-0.05, 0) is 43.4 Å². The van der Waals surface area contributed by atoms with Crippen molar-refractivity contribution in [3.8, 4) is 0 Å². The summed E-state index contributed by atoms with van der Waals surface area (Å²) in [6.07, 6.45) is 2.20. The molecule has 0 aliphatic carbocycles. The van der Waals surface area contributed by atoms with E-state index in [4.69, 9.17) is 0 Å². The Kier molecular flexibility index (Phi) is 7.59. The van der Waals surface area contributed by atoms with E-state index in [2.05, 4.69) is 15.6 Å². The van der Waals surface area contributed by atoms with Crippen molar-refractivity contribution in [2.24, 2.45) is 0 Å². The first-order chi connectivity index (χ1) is 20.7. The largest absolute Gasteiger partial charge is 0.513 e. The van der Waals surface area contributed by atoms with Crippen LogP contribution >= 0.6 is 0 Å². The van der Waals surface area contributed by atoms with Crippen molar-refractivity contribution in [1.82, 2.24) is 15.2 Å². The molecule has 4 amide bonds. The molecule has 3 N–H and O–H groups in total. The van der Waals surface area contributed by atoms with Gasteiger partial charge in [-0.15, -0.1) is 0 Å². The summed E-state index contributed by atoms with van der Waals surface area (Å²) in [7, 11) is 0. The Bertz CT molecular complexity index is 1550. The van der Waals surface area contributed by atoms with Gasteiger partial charge in [0.2, 0.25) is 5.91 Å². The van der Waals surface area contributed by atoms with E-state index in [0.717, 1.165) is 17.2 Å². The van der Waals surface area contributed by atoms with Gasteiger partial charge < -0.3 is 20.6 Å². The molecule has 3 aromatic rings. The van der Waals surface area contributed by atoms with E-state index in [-0.39, 0.29) is 37.1 Å². The number of amides is 4. The lowest BCUT2D eigenvalue weighted by Crippen LogP contribution is -2.59. The van der Waals surface area contributed by atoms with Crippen LogP contribution in [0.5, 0.6) is 0 Å². The maximum absolute atomic E-state index is 15.0. The molecule has 1 unspecified atom stereocenters. The highest BCUT2D eigenvalue weighted by Gasteiger charge is 2.50. The molecule has 9 nitrogen and oxygen atoms in total. The van der Waals surface area contributed by atoms with E-state index in [1.165, 1.54) is 12.1 Å². The first-order valence-electron chi connectivity index (χ1n) is 14.6. The summed E-state index contributed by atoms with van der Waals surface area (Å²) in [5.74, 6) is -2.05. The molecule has 6 rings (SSSR count). The van der Waals surface area contributed by atoms with Crippen molar-refractivity contribution >= 4 is 23.8 Å². The summed E-state index contributed by atoms with van der Waals surface area (Å²) in [5.41, 5.74) is 1.07. The molecular formula is C32H34F2N5O4+. The summed E-state index contributed by atoms with van der Waals surface area (Å²) in [6.45, 7) is 0.958. The van der Waals surface area contributed by atoms with Crippen LogP contribution < -0.4 is 10.6 Å². The van der Waals surface area contributed by atoms with E-state index in [0.29, 0.717) is 44.6 Å². The van der Waals surface area contributed by atoms with Crippen molar-refractivity contribution in [2.45, 2.75) is 49.6 Å². The topological polar surface area (TPSA) is 112 Å². The normalized spacial score (nSPS) is 24.6. The number of pyridine rings is 1. The second kappa shape index (κ2) is 11.4. The minimum absolute atomic E-state index is 0.0474. The lowest BCUT2D eigenvalue weighted by Gasteiger charge is -2.39. The minimum atomic E-state index is -1.09. The molecule has 0 bridgehead atoms. The SMILES string of the molecule is O=C(N[C@@H]1CC[C@@H](c2cccc(F)c2F)C[N+](Cc2ccccc2)(C(=O)O)C1)N1CCC2(CC1)C(=O)Nc1ncccc12. The van der Waals surface area contributed by atoms with Gasteiger partial charge in [-0.3, -0.25) is 4.79 Å². The Hall–Kier alpha value is -4.38. The fraction of sp³-hybridized carbons (Fsp3) is 0.375. The number of carboxylic acid groups (broad SMARTS) is 1. The van der Waals surface area contributed by atoms with Crippen LogP contribution in [-0.4, -0.2) is 69.7 Å². The van der Waals surface area contributed by atoms with Gasteiger partial charge in [0, 0.05) is 36.3 Å². The standard InChI is InChI=1S/C32H33F2N5O4/c33-26-10-4-8-24(27(26)34)22-11-12-23(20-39(19-22,31(42)43)18-21-6-2-1-3-7-21)36-30(41)38-16-13-32(14-17-38)25-9-5-15-35-28(25)37-29(32)40/h1-10,15,22-23H,11-14,16-20H2,(H2-,35,36,37,40,41,42,43)/p+1/t22-,23-,39?/m1/s1. The number of halogens is 2. The number of hydrogen-bond donors (Lipinski definition) is 3. The number of hydrogen-bond acceptors (Lipinski definition) is 4. The molecule has 0 radical (unpaired) electrons. The van der Waals surface area contributed by atoms with Crippen molar-refractivity contribution in [2.75, 3.05) is 31.5 Å². The fourth-order valence-corrected chi connectivity index (χ4v) is 7.09. The number of fused-ring (bicyclic) bond motifs is 2. The third-order valence-electron chi connectivity index (χ3n) is 9.38. The van der Waals surface area contributed by atoms with Crippen LogP contribution in [0.3, 0.4) is 0 Å². The first-order valence-corrected chi connectivity index (χ1v) is 14.6. The van der Waals surface area contributed by atoms with Gasteiger partial charge >= 0.3 is 12.1 Å². The van der Waals surface area contributed by atoms with E-state index >= 15 is 0 Å². The third-order valence-corrected chi connectivity index (χ3v) is 9.38. The summed E-state index contributed by atoms with van der Waals surface area (Å²) in [4.78, 5) is 45.4. The van der Waals surface area contributed by atoms with Crippen molar-refractivity contribution in [3.05, 3.63) is 95.2 Å². The summed E-state index contributed by atoms with van der Waals surface area (Å²) in [5, 5.41) is 16.5.